The highest BCUT2D eigenvalue weighted by molar-refractivity contribution is 6.76. The topological polar surface area (TPSA) is 71.5 Å². The van der Waals surface area contributed by atoms with Crippen molar-refractivity contribution in [1.82, 2.24) is 9.78 Å². The van der Waals surface area contributed by atoms with Crippen molar-refractivity contribution in [3.05, 3.63) is 29.6 Å². The number of hydrogen-bond donors (Lipinski definition) is 1. The first-order valence-electron chi connectivity index (χ1n) is 11.1. The number of aromatic nitrogens is 2. The summed E-state index contributed by atoms with van der Waals surface area (Å²) in [4.78, 5) is 0. The number of nitrogens with two attached hydrogens (primary N) is 1. The molecule has 0 spiro atoms. The van der Waals surface area contributed by atoms with Gasteiger partial charge in [-0.1, -0.05) is 39.3 Å². The second kappa shape index (κ2) is 10.8. The molecule has 0 atom stereocenters. The number of ether oxygens (including phenoxy) is 3. The van der Waals surface area contributed by atoms with Crippen molar-refractivity contribution in [2.75, 3.05) is 25.7 Å². The summed E-state index contributed by atoms with van der Waals surface area (Å²) in [6.07, 6.45) is 0. The number of rotatable bonds is 12. The van der Waals surface area contributed by atoms with Gasteiger partial charge in [0.1, 0.15) is 12.5 Å². The smallest absolute Gasteiger partial charge is 0.189 e. The lowest BCUT2D eigenvalue weighted by Crippen LogP contribution is -2.22. The molecule has 0 aliphatic rings. The van der Waals surface area contributed by atoms with Gasteiger partial charge in [0.25, 0.3) is 0 Å². The third kappa shape index (κ3) is 8.44. The molecule has 0 bridgehead atoms. The highest BCUT2D eigenvalue weighted by Gasteiger charge is 2.19. The molecule has 0 saturated carbocycles. The van der Waals surface area contributed by atoms with E-state index in [1.54, 1.807) is 0 Å². The van der Waals surface area contributed by atoms with E-state index in [1.807, 2.05) is 29.8 Å². The predicted molar refractivity (Wildman–Crippen MR) is 135 cm³/mol. The first kappa shape index (κ1) is 25.6. The summed E-state index contributed by atoms with van der Waals surface area (Å²) in [5, 5.41) is 4.71. The first-order valence-corrected chi connectivity index (χ1v) is 18.5. The van der Waals surface area contributed by atoms with Crippen molar-refractivity contribution in [1.29, 1.82) is 0 Å². The van der Waals surface area contributed by atoms with E-state index in [2.05, 4.69) is 46.2 Å². The minimum Gasteiger partial charge on any atom is -0.467 e. The Morgan fingerprint density at radius 1 is 0.935 bits per heavy atom. The van der Waals surface area contributed by atoms with Gasteiger partial charge in [0, 0.05) is 57.9 Å². The van der Waals surface area contributed by atoms with Gasteiger partial charge in [-0.15, -0.1) is 0 Å². The standard InChI is InChI=1S/C23H41N3O3Si2/c1-18-23(19(2)26(25-18)16-27-11-13-30(3,4)5)21-10-9-20(24)15-22(21)29-17-28-12-14-31(6,7)8/h9-10,15H,11-14,16-17,24H2,1-8H3. The lowest BCUT2D eigenvalue weighted by atomic mass is 10.0. The minimum atomic E-state index is -1.12. The Kier molecular flexibility index (Phi) is 8.94. The molecule has 0 aliphatic carbocycles. The first-order chi connectivity index (χ1) is 14.4. The molecule has 31 heavy (non-hydrogen) atoms. The summed E-state index contributed by atoms with van der Waals surface area (Å²) in [5.74, 6) is 0.721. The lowest BCUT2D eigenvalue weighted by molar-refractivity contribution is 0.0224. The van der Waals surface area contributed by atoms with Crippen LogP contribution in [-0.2, 0) is 16.2 Å². The van der Waals surface area contributed by atoms with Crippen molar-refractivity contribution in [2.45, 2.75) is 71.9 Å². The zero-order valence-corrected chi connectivity index (χ0v) is 22.7. The number of anilines is 1. The fourth-order valence-electron chi connectivity index (χ4n) is 3.15. The van der Waals surface area contributed by atoms with Crippen LogP contribution in [0.15, 0.2) is 18.2 Å². The molecule has 0 aliphatic heterocycles. The van der Waals surface area contributed by atoms with E-state index < -0.39 is 16.1 Å². The Hall–Kier alpha value is -1.62. The molecule has 2 rings (SSSR count). The van der Waals surface area contributed by atoms with Crippen LogP contribution in [0.4, 0.5) is 5.69 Å². The van der Waals surface area contributed by atoms with Gasteiger partial charge >= 0.3 is 0 Å². The van der Waals surface area contributed by atoms with Crippen LogP contribution < -0.4 is 10.5 Å². The van der Waals surface area contributed by atoms with Crippen molar-refractivity contribution >= 4 is 21.8 Å². The molecule has 6 nitrogen and oxygen atoms in total. The maximum absolute atomic E-state index is 6.04. The van der Waals surface area contributed by atoms with Crippen LogP contribution in [0, 0.1) is 13.8 Å². The molecule has 8 heteroatoms. The summed E-state index contributed by atoms with van der Waals surface area (Å²) in [7, 11) is -2.22. The zero-order chi connectivity index (χ0) is 23.2. The second-order valence-corrected chi connectivity index (χ2v) is 21.9. The largest absolute Gasteiger partial charge is 0.467 e. The molecule has 0 radical (unpaired) electrons. The average molecular weight is 464 g/mol. The second-order valence-electron chi connectivity index (χ2n) is 10.6. The normalized spacial score (nSPS) is 12.4. The maximum atomic E-state index is 6.04. The Labute approximate surface area is 190 Å². The molecular formula is C23H41N3O3Si2. The maximum Gasteiger partial charge on any atom is 0.189 e. The quantitative estimate of drug-likeness (QED) is 0.188. The molecule has 1 aromatic carbocycles. The number of benzene rings is 1. The van der Waals surface area contributed by atoms with Gasteiger partial charge in [0.2, 0.25) is 0 Å². The minimum absolute atomic E-state index is 0.215. The SMILES string of the molecule is Cc1nn(COCC[Si](C)(C)C)c(C)c1-c1ccc(N)cc1OCOCC[Si](C)(C)C. The Bertz CT molecular complexity index is 855. The number of hydrogen-bond acceptors (Lipinski definition) is 5. The highest BCUT2D eigenvalue weighted by atomic mass is 28.3. The van der Waals surface area contributed by atoms with E-state index in [0.717, 1.165) is 53.6 Å². The van der Waals surface area contributed by atoms with Crippen LogP contribution in [-0.4, -0.2) is 45.9 Å². The monoisotopic (exact) mass is 463 g/mol. The summed E-state index contributed by atoms with van der Waals surface area (Å²) in [5.41, 5.74) is 10.7. The van der Waals surface area contributed by atoms with Crippen LogP contribution in [0.25, 0.3) is 11.1 Å². The predicted octanol–water partition coefficient (Wildman–Crippen LogP) is 5.75. The zero-order valence-electron chi connectivity index (χ0n) is 20.7. The summed E-state index contributed by atoms with van der Waals surface area (Å²) < 4.78 is 19.6. The molecule has 0 unspecified atom stereocenters. The number of nitrogen functional groups attached to an aromatic ring is 1. The molecule has 2 aromatic rings. The van der Waals surface area contributed by atoms with Crippen molar-refractivity contribution in [2.24, 2.45) is 0 Å². The van der Waals surface area contributed by atoms with Crippen LogP contribution >= 0.6 is 0 Å². The van der Waals surface area contributed by atoms with Gasteiger partial charge in [-0.05, 0) is 38.1 Å². The third-order valence-electron chi connectivity index (χ3n) is 5.16. The summed E-state index contributed by atoms with van der Waals surface area (Å²) >= 11 is 0. The van der Waals surface area contributed by atoms with Gasteiger partial charge < -0.3 is 19.9 Å². The Balaban J connectivity index is 2.10. The molecule has 2 N–H and O–H groups in total. The van der Waals surface area contributed by atoms with Crippen LogP contribution in [0.3, 0.4) is 0 Å². The fraction of sp³-hybridized carbons (Fsp3) is 0.609. The molecule has 1 aromatic heterocycles. The Morgan fingerprint density at radius 3 is 2.16 bits per heavy atom. The van der Waals surface area contributed by atoms with Crippen molar-refractivity contribution < 1.29 is 14.2 Å². The van der Waals surface area contributed by atoms with Gasteiger partial charge in [-0.2, -0.15) is 5.10 Å². The fourth-order valence-corrected chi connectivity index (χ4v) is 4.66. The van der Waals surface area contributed by atoms with E-state index in [0.29, 0.717) is 12.4 Å². The number of aryl methyl sites for hydroxylation is 1. The van der Waals surface area contributed by atoms with Gasteiger partial charge in [-0.25, -0.2) is 4.68 Å². The molecule has 174 valence electrons. The van der Waals surface area contributed by atoms with Crippen molar-refractivity contribution in [3.8, 4) is 16.9 Å². The molecule has 0 fully saturated rings. The van der Waals surface area contributed by atoms with E-state index in [1.165, 1.54) is 0 Å². The van der Waals surface area contributed by atoms with Crippen LogP contribution in [0.5, 0.6) is 5.75 Å². The Morgan fingerprint density at radius 2 is 1.55 bits per heavy atom. The van der Waals surface area contributed by atoms with Crippen molar-refractivity contribution in [3.63, 3.8) is 0 Å². The molecule has 1 heterocycles. The van der Waals surface area contributed by atoms with E-state index >= 15 is 0 Å². The van der Waals surface area contributed by atoms with Gasteiger partial charge in [0.05, 0.1) is 5.69 Å². The average Bonchev–Trinajstić information content (AvgIpc) is 2.91. The van der Waals surface area contributed by atoms with E-state index in [-0.39, 0.29) is 6.79 Å². The highest BCUT2D eigenvalue weighted by Crippen LogP contribution is 2.36. The summed E-state index contributed by atoms with van der Waals surface area (Å²) in [6, 6.07) is 8.02. The molecule has 0 saturated heterocycles. The van der Waals surface area contributed by atoms with Crippen LogP contribution in [0.1, 0.15) is 11.4 Å². The number of nitrogens with zero attached hydrogens (tertiary/aromatic N) is 2. The van der Waals surface area contributed by atoms with E-state index in [9.17, 15) is 0 Å². The summed E-state index contributed by atoms with van der Waals surface area (Å²) in [6.45, 7) is 20.3. The third-order valence-corrected chi connectivity index (χ3v) is 8.57. The molecule has 0 amide bonds. The van der Waals surface area contributed by atoms with E-state index in [4.69, 9.17) is 25.0 Å². The molecular weight excluding hydrogens is 422 g/mol. The van der Waals surface area contributed by atoms with Crippen LogP contribution in [0.2, 0.25) is 51.4 Å². The van der Waals surface area contributed by atoms with Gasteiger partial charge in [0.15, 0.2) is 6.79 Å². The van der Waals surface area contributed by atoms with Gasteiger partial charge in [-0.3, -0.25) is 0 Å². The lowest BCUT2D eigenvalue weighted by Gasteiger charge is -2.17.